The molecule has 146 valence electrons. The molecule has 8 heteroatoms. The maximum atomic E-state index is 12.9. The Morgan fingerprint density at radius 2 is 1.71 bits per heavy atom. The van der Waals surface area contributed by atoms with Crippen LogP contribution in [0.15, 0.2) is 48.2 Å². The second-order valence-electron chi connectivity index (χ2n) is 5.99. The van der Waals surface area contributed by atoms with Gasteiger partial charge in [-0.2, -0.15) is 0 Å². The second kappa shape index (κ2) is 8.65. The normalized spacial score (nSPS) is 14.1. The van der Waals surface area contributed by atoms with Gasteiger partial charge in [-0.1, -0.05) is 35.3 Å². The van der Waals surface area contributed by atoms with Gasteiger partial charge in [-0.05, 0) is 35.9 Å². The van der Waals surface area contributed by atoms with Crippen LogP contribution >= 0.6 is 23.2 Å². The number of halogens is 2. The van der Waals surface area contributed by atoms with Crippen molar-refractivity contribution in [3.63, 3.8) is 0 Å². The quantitative estimate of drug-likeness (QED) is 0.689. The van der Waals surface area contributed by atoms with Crippen LogP contribution in [-0.2, 0) is 14.3 Å². The Labute approximate surface area is 172 Å². The highest BCUT2D eigenvalue weighted by Crippen LogP contribution is 2.33. The lowest BCUT2D eigenvalue weighted by Gasteiger charge is -2.14. The summed E-state index contributed by atoms with van der Waals surface area (Å²) in [6.45, 7) is 0.396. The molecule has 0 fully saturated rings. The van der Waals surface area contributed by atoms with Gasteiger partial charge in [-0.25, -0.2) is 0 Å². The number of ether oxygens (including phenoxy) is 2. The molecule has 1 N–H and O–H groups in total. The van der Waals surface area contributed by atoms with E-state index in [1.54, 1.807) is 42.5 Å². The fraction of sp³-hybridized carbons (Fsp3) is 0.200. The molecule has 0 saturated carbocycles. The van der Waals surface area contributed by atoms with Crippen molar-refractivity contribution < 1.29 is 19.1 Å². The molecule has 0 radical (unpaired) electrons. The lowest BCUT2D eigenvalue weighted by Crippen LogP contribution is -2.35. The SMILES string of the molecule is COCCN1C(=O)C(Nc2ccc(OC)c(Cl)c2)=C(c2ccc(Cl)cc2)C1=O. The van der Waals surface area contributed by atoms with Crippen LogP contribution in [0.3, 0.4) is 0 Å². The monoisotopic (exact) mass is 420 g/mol. The summed E-state index contributed by atoms with van der Waals surface area (Å²) in [5.74, 6) is -0.319. The number of carbonyl (C=O) groups excluding carboxylic acids is 2. The largest absolute Gasteiger partial charge is 0.495 e. The number of nitrogens with zero attached hydrogens (tertiary/aromatic N) is 1. The first-order chi connectivity index (χ1) is 13.5. The second-order valence-corrected chi connectivity index (χ2v) is 6.83. The Hall–Kier alpha value is -2.54. The number of hydrogen-bond acceptors (Lipinski definition) is 5. The van der Waals surface area contributed by atoms with Gasteiger partial charge in [-0.3, -0.25) is 14.5 Å². The summed E-state index contributed by atoms with van der Waals surface area (Å²) < 4.78 is 10.2. The maximum Gasteiger partial charge on any atom is 0.278 e. The molecule has 0 aromatic heterocycles. The summed E-state index contributed by atoms with van der Waals surface area (Å²) in [7, 11) is 3.03. The molecular weight excluding hydrogens is 403 g/mol. The first-order valence-electron chi connectivity index (χ1n) is 8.42. The summed E-state index contributed by atoms with van der Waals surface area (Å²) in [6.07, 6.45) is 0. The van der Waals surface area contributed by atoms with Crippen molar-refractivity contribution in [1.29, 1.82) is 0 Å². The molecule has 1 heterocycles. The molecule has 28 heavy (non-hydrogen) atoms. The van der Waals surface area contributed by atoms with Gasteiger partial charge in [0, 0.05) is 17.8 Å². The first-order valence-corrected chi connectivity index (χ1v) is 9.17. The molecule has 0 saturated heterocycles. The topological polar surface area (TPSA) is 67.9 Å². The third-order valence-corrected chi connectivity index (χ3v) is 4.79. The van der Waals surface area contributed by atoms with E-state index in [0.717, 1.165) is 4.90 Å². The van der Waals surface area contributed by atoms with Crippen LogP contribution in [0.25, 0.3) is 5.57 Å². The molecule has 1 aliphatic heterocycles. The van der Waals surface area contributed by atoms with Crippen molar-refractivity contribution in [2.45, 2.75) is 0 Å². The molecule has 3 rings (SSSR count). The molecule has 2 aromatic carbocycles. The van der Waals surface area contributed by atoms with E-state index in [1.165, 1.54) is 14.2 Å². The number of imide groups is 1. The van der Waals surface area contributed by atoms with Gasteiger partial charge in [0.1, 0.15) is 11.4 Å². The van der Waals surface area contributed by atoms with Gasteiger partial charge in [0.15, 0.2) is 0 Å². The number of amides is 2. The molecule has 2 amide bonds. The third-order valence-electron chi connectivity index (χ3n) is 4.24. The van der Waals surface area contributed by atoms with Crippen molar-refractivity contribution in [1.82, 2.24) is 4.90 Å². The minimum atomic E-state index is -0.432. The van der Waals surface area contributed by atoms with Crippen molar-refractivity contribution in [3.05, 3.63) is 63.8 Å². The van der Waals surface area contributed by atoms with E-state index in [9.17, 15) is 9.59 Å². The number of anilines is 1. The van der Waals surface area contributed by atoms with Crippen LogP contribution in [0, 0.1) is 0 Å². The van der Waals surface area contributed by atoms with E-state index < -0.39 is 11.8 Å². The number of methoxy groups -OCH3 is 2. The molecule has 6 nitrogen and oxygen atoms in total. The van der Waals surface area contributed by atoms with E-state index in [2.05, 4.69) is 5.32 Å². The predicted molar refractivity (Wildman–Crippen MR) is 109 cm³/mol. The van der Waals surface area contributed by atoms with Crippen molar-refractivity contribution >= 4 is 46.3 Å². The van der Waals surface area contributed by atoms with Crippen molar-refractivity contribution in [2.75, 3.05) is 32.7 Å². The lowest BCUT2D eigenvalue weighted by molar-refractivity contribution is -0.137. The highest BCUT2D eigenvalue weighted by molar-refractivity contribution is 6.37. The van der Waals surface area contributed by atoms with Crippen LogP contribution in [0.5, 0.6) is 5.75 Å². The number of carbonyl (C=O) groups is 2. The van der Waals surface area contributed by atoms with Gasteiger partial charge in [0.25, 0.3) is 11.8 Å². The minimum Gasteiger partial charge on any atom is -0.495 e. The fourth-order valence-electron chi connectivity index (χ4n) is 2.85. The minimum absolute atomic E-state index is 0.153. The lowest BCUT2D eigenvalue weighted by atomic mass is 10.0. The maximum absolute atomic E-state index is 12.9. The third kappa shape index (κ3) is 3.99. The smallest absolute Gasteiger partial charge is 0.278 e. The standard InChI is InChI=1S/C20H18Cl2N2O4/c1-27-10-9-24-19(25)17(12-3-5-13(21)6-4-12)18(20(24)26)23-14-7-8-16(28-2)15(22)11-14/h3-8,11,23H,9-10H2,1-2H3. The van der Waals surface area contributed by atoms with Gasteiger partial charge < -0.3 is 14.8 Å². The molecule has 1 aliphatic rings. The molecule has 0 bridgehead atoms. The fourth-order valence-corrected chi connectivity index (χ4v) is 3.23. The van der Waals surface area contributed by atoms with Crippen molar-refractivity contribution in [2.24, 2.45) is 0 Å². The van der Waals surface area contributed by atoms with Crippen LogP contribution < -0.4 is 10.1 Å². The average Bonchev–Trinajstić information content (AvgIpc) is 2.91. The number of nitrogens with one attached hydrogen (secondary N) is 1. The first kappa shape index (κ1) is 20.2. The number of rotatable bonds is 7. The van der Waals surface area contributed by atoms with Gasteiger partial charge >= 0.3 is 0 Å². The van der Waals surface area contributed by atoms with Crippen molar-refractivity contribution in [3.8, 4) is 5.75 Å². The van der Waals surface area contributed by atoms with E-state index in [0.29, 0.717) is 27.0 Å². The zero-order chi connectivity index (χ0) is 20.3. The van der Waals surface area contributed by atoms with E-state index in [4.69, 9.17) is 32.7 Å². The Morgan fingerprint density at radius 1 is 1.00 bits per heavy atom. The summed E-state index contributed by atoms with van der Waals surface area (Å²) >= 11 is 12.1. The Bertz CT molecular complexity index is 942. The number of benzene rings is 2. The zero-order valence-electron chi connectivity index (χ0n) is 15.3. The Kier molecular flexibility index (Phi) is 6.24. The van der Waals surface area contributed by atoms with Crippen LogP contribution in [0.1, 0.15) is 5.56 Å². The molecule has 0 aliphatic carbocycles. The van der Waals surface area contributed by atoms with Crippen LogP contribution in [0.2, 0.25) is 10.0 Å². The molecular formula is C20H18Cl2N2O4. The summed E-state index contributed by atoms with van der Waals surface area (Å²) in [5.41, 5.74) is 1.58. The highest BCUT2D eigenvalue weighted by Gasteiger charge is 2.39. The average molecular weight is 421 g/mol. The highest BCUT2D eigenvalue weighted by atomic mass is 35.5. The van der Waals surface area contributed by atoms with Gasteiger partial charge in [0.2, 0.25) is 0 Å². The van der Waals surface area contributed by atoms with Crippen LogP contribution in [0.4, 0.5) is 5.69 Å². The molecule has 0 atom stereocenters. The zero-order valence-corrected chi connectivity index (χ0v) is 16.8. The Morgan fingerprint density at radius 3 is 2.32 bits per heavy atom. The molecule has 0 spiro atoms. The van der Waals surface area contributed by atoms with Gasteiger partial charge in [0.05, 0.1) is 30.9 Å². The van der Waals surface area contributed by atoms with Gasteiger partial charge in [-0.15, -0.1) is 0 Å². The van der Waals surface area contributed by atoms with Crippen LogP contribution in [-0.4, -0.2) is 44.1 Å². The number of hydrogen-bond donors (Lipinski definition) is 1. The summed E-state index contributed by atoms with van der Waals surface area (Å²) in [4.78, 5) is 27.0. The molecule has 2 aromatic rings. The predicted octanol–water partition coefficient (Wildman–Crippen LogP) is 3.84. The van der Waals surface area contributed by atoms with E-state index in [-0.39, 0.29) is 24.4 Å². The van der Waals surface area contributed by atoms with E-state index >= 15 is 0 Å². The molecule has 0 unspecified atom stereocenters. The van der Waals surface area contributed by atoms with E-state index in [1.807, 2.05) is 0 Å². The summed E-state index contributed by atoms with van der Waals surface area (Å²) in [6, 6.07) is 11.8. The summed E-state index contributed by atoms with van der Waals surface area (Å²) in [5, 5.41) is 3.96. The Balaban J connectivity index is 2.02.